The average molecular weight is 389 g/mol. The number of nitrogens with one attached hydrogen (secondary N) is 3. The lowest BCUT2D eigenvalue weighted by molar-refractivity contribution is -0.00742. The van der Waals surface area contributed by atoms with Crippen molar-refractivity contribution in [3.8, 4) is 0 Å². The number of rotatable bonds is 6. The number of carbonyl (C=O) groups is 1. The van der Waals surface area contributed by atoms with Gasteiger partial charge in [0.1, 0.15) is 11.6 Å². The highest BCUT2D eigenvalue weighted by Gasteiger charge is 2.32. The van der Waals surface area contributed by atoms with Crippen molar-refractivity contribution in [2.75, 3.05) is 25.3 Å². The highest BCUT2D eigenvalue weighted by Crippen LogP contribution is 2.29. The van der Waals surface area contributed by atoms with E-state index in [-0.39, 0.29) is 23.2 Å². The second-order valence-electron chi connectivity index (χ2n) is 6.58. The summed E-state index contributed by atoms with van der Waals surface area (Å²) in [5.74, 6) is -0.293. The third kappa shape index (κ3) is 4.95. The number of amides is 2. The number of hydrogen-bond donors (Lipinski definition) is 4. The molecule has 1 unspecified atom stereocenters. The predicted molar refractivity (Wildman–Crippen MR) is 105 cm³/mol. The quantitative estimate of drug-likeness (QED) is 0.447. The van der Waals surface area contributed by atoms with Crippen LogP contribution in [0.2, 0.25) is 0 Å². The van der Waals surface area contributed by atoms with E-state index in [1.807, 2.05) is 13.8 Å². The summed E-state index contributed by atoms with van der Waals surface area (Å²) in [6.07, 6.45) is 1.34. The number of benzene rings is 1. The summed E-state index contributed by atoms with van der Waals surface area (Å²) >= 11 is 0. The SMILES string of the molecule is COC(=N)c1cnc(NC(=O)NC(c2ccc(F)cc2)C(C)(C)OC)cc1N. The van der Waals surface area contributed by atoms with Gasteiger partial charge in [0.25, 0.3) is 0 Å². The maximum absolute atomic E-state index is 13.3. The molecule has 0 aliphatic heterocycles. The van der Waals surface area contributed by atoms with Gasteiger partial charge in [0.05, 0.1) is 24.3 Å². The molecule has 1 aromatic heterocycles. The molecule has 0 saturated carbocycles. The summed E-state index contributed by atoms with van der Waals surface area (Å²) in [5, 5.41) is 13.0. The normalized spacial score (nSPS) is 12.2. The zero-order valence-corrected chi connectivity index (χ0v) is 16.2. The van der Waals surface area contributed by atoms with Crippen LogP contribution < -0.4 is 16.4 Å². The standard InChI is InChI=1S/C19H24FN5O3/c1-19(2,28-4)16(11-5-7-12(20)8-6-11)25-18(26)24-15-9-14(21)13(10-23-15)17(22)27-3/h5-10,16,22H,1-4H3,(H4,21,23,24,25,26). The van der Waals surface area contributed by atoms with Crippen LogP contribution in [0.5, 0.6) is 0 Å². The maximum atomic E-state index is 13.3. The van der Waals surface area contributed by atoms with Crippen molar-refractivity contribution < 1.29 is 18.7 Å². The number of carbonyl (C=O) groups excluding carboxylic acids is 1. The van der Waals surface area contributed by atoms with Crippen LogP contribution >= 0.6 is 0 Å². The van der Waals surface area contributed by atoms with Crippen LogP contribution in [0.1, 0.15) is 31.0 Å². The minimum absolute atomic E-state index is 0.126. The van der Waals surface area contributed by atoms with Gasteiger partial charge in [-0.3, -0.25) is 10.7 Å². The van der Waals surface area contributed by atoms with Crippen molar-refractivity contribution >= 4 is 23.4 Å². The minimum Gasteiger partial charge on any atom is -0.481 e. The third-order valence-corrected chi connectivity index (χ3v) is 4.33. The zero-order chi connectivity index (χ0) is 20.9. The smallest absolute Gasteiger partial charge is 0.320 e. The Morgan fingerprint density at radius 3 is 2.46 bits per heavy atom. The van der Waals surface area contributed by atoms with Crippen LogP contribution in [-0.2, 0) is 9.47 Å². The van der Waals surface area contributed by atoms with Crippen LogP contribution in [-0.4, -0.2) is 36.7 Å². The number of aromatic nitrogens is 1. The first-order valence-corrected chi connectivity index (χ1v) is 8.44. The van der Waals surface area contributed by atoms with E-state index in [1.54, 1.807) is 12.1 Å². The number of nitrogen functional groups attached to an aromatic ring is 1. The molecule has 9 heteroatoms. The fourth-order valence-electron chi connectivity index (χ4n) is 2.55. The molecule has 0 spiro atoms. The van der Waals surface area contributed by atoms with E-state index >= 15 is 0 Å². The van der Waals surface area contributed by atoms with E-state index in [2.05, 4.69) is 15.6 Å². The Hall–Kier alpha value is -3.20. The Morgan fingerprint density at radius 1 is 1.29 bits per heavy atom. The number of nitrogens with two attached hydrogens (primary N) is 1. The first-order chi connectivity index (χ1) is 13.2. The molecule has 8 nitrogen and oxygen atoms in total. The van der Waals surface area contributed by atoms with Crippen LogP contribution in [0.4, 0.5) is 20.7 Å². The first kappa shape index (κ1) is 21.1. The number of methoxy groups -OCH3 is 2. The Labute approximate surface area is 162 Å². The molecular weight excluding hydrogens is 365 g/mol. The summed E-state index contributed by atoms with van der Waals surface area (Å²) in [6.45, 7) is 3.62. The van der Waals surface area contributed by atoms with Crippen LogP contribution in [0.25, 0.3) is 0 Å². The fourth-order valence-corrected chi connectivity index (χ4v) is 2.55. The second kappa shape index (κ2) is 8.66. The summed E-state index contributed by atoms with van der Waals surface area (Å²) < 4.78 is 23.6. The van der Waals surface area contributed by atoms with Crippen LogP contribution in [0, 0.1) is 11.2 Å². The Kier molecular flexibility index (Phi) is 6.53. The van der Waals surface area contributed by atoms with Gasteiger partial charge in [-0.2, -0.15) is 0 Å². The number of halogens is 1. The van der Waals surface area contributed by atoms with E-state index in [0.29, 0.717) is 11.1 Å². The topological polar surface area (TPSA) is 122 Å². The Bertz CT molecular complexity index is 855. The van der Waals surface area contributed by atoms with E-state index in [1.165, 1.54) is 38.6 Å². The van der Waals surface area contributed by atoms with E-state index < -0.39 is 17.7 Å². The van der Waals surface area contributed by atoms with Gasteiger partial charge in [0.15, 0.2) is 0 Å². The van der Waals surface area contributed by atoms with E-state index in [0.717, 1.165) is 0 Å². The second-order valence-corrected chi connectivity index (χ2v) is 6.58. The Morgan fingerprint density at radius 2 is 1.93 bits per heavy atom. The molecule has 150 valence electrons. The van der Waals surface area contributed by atoms with Gasteiger partial charge in [-0.25, -0.2) is 14.2 Å². The molecule has 0 radical (unpaired) electrons. The number of ether oxygens (including phenoxy) is 2. The van der Waals surface area contributed by atoms with Gasteiger partial charge in [-0.1, -0.05) is 12.1 Å². The highest BCUT2D eigenvalue weighted by atomic mass is 19.1. The molecule has 2 rings (SSSR count). The molecule has 2 amide bonds. The average Bonchev–Trinajstić information content (AvgIpc) is 2.66. The number of anilines is 2. The van der Waals surface area contributed by atoms with Crippen molar-refractivity contribution in [2.45, 2.75) is 25.5 Å². The van der Waals surface area contributed by atoms with Gasteiger partial charge in [-0.15, -0.1) is 0 Å². The lowest BCUT2D eigenvalue weighted by Crippen LogP contribution is -2.45. The minimum atomic E-state index is -0.765. The fraction of sp³-hybridized carbons (Fsp3) is 0.316. The van der Waals surface area contributed by atoms with Crippen molar-refractivity contribution in [2.24, 2.45) is 0 Å². The lowest BCUT2D eigenvalue weighted by atomic mass is 9.91. The van der Waals surface area contributed by atoms with Crippen molar-refractivity contribution in [3.63, 3.8) is 0 Å². The molecular formula is C19H24FN5O3. The molecule has 28 heavy (non-hydrogen) atoms. The Balaban J connectivity index is 2.19. The van der Waals surface area contributed by atoms with Gasteiger partial charge < -0.3 is 20.5 Å². The summed E-state index contributed by atoms with van der Waals surface area (Å²) in [7, 11) is 2.89. The molecule has 0 aliphatic carbocycles. The molecule has 0 saturated heterocycles. The van der Waals surface area contributed by atoms with Gasteiger partial charge in [0, 0.05) is 25.1 Å². The molecule has 2 aromatic rings. The van der Waals surface area contributed by atoms with Crippen molar-refractivity contribution in [3.05, 3.63) is 53.5 Å². The summed E-state index contributed by atoms with van der Waals surface area (Å²) in [6, 6.07) is 6.14. The monoisotopic (exact) mass is 389 g/mol. The predicted octanol–water partition coefficient (Wildman–Crippen LogP) is 3.06. The van der Waals surface area contributed by atoms with E-state index in [9.17, 15) is 9.18 Å². The van der Waals surface area contributed by atoms with Gasteiger partial charge in [-0.05, 0) is 31.5 Å². The summed E-state index contributed by atoms with van der Waals surface area (Å²) in [4.78, 5) is 16.6. The highest BCUT2D eigenvalue weighted by molar-refractivity contribution is 5.97. The van der Waals surface area contributed by atoms with Crippen molar-refractivity contribution in [1.29, 1.82) is 5.41 Å². The lowest BCUT2D eigenvalue weighted by Gasteiger charge is -2.34. The molecule has 1 heterocycles. The molecule has 0 aliphatic rings. The maximum Gasteiger partial charge on any atom is 0.320 e. The molecule has 1 atom stereocenters. The number of pyridine rings is 1. The molecule has 1 aromatic carbocycles. The molecule has 0 fully saturated rings. The number of hydrogen-bond acceptors (Lipinski definition) is 6. The number of nitrogens with zero attached hydrogens (tertiary/aromatic N) is 1. The van der Waals surface area contributed by atoms with Gasteiger partial charge >= 0.3 is 6.03 Å². The van der Waals surface area contributed by atoms with Crippen molar-refractivity contribution in [1.82, 2.24) is 10.3 Å². The van der Waals surface area contributed by atoms with Gasteiger partial charge in [0.2, 0.25) is 5.90 Å². The molecule has 5 N–H and O–H groups in total. The van der Waals surface area contributed by atoms with E-state index in [4.69, 9.17) is 20.6 Å². The van der Waals surface area contributed by atoms with Crippen LogP contribution in [0.3, 0.4) is 0 Å². The first-order valence-electron chi connectivity index (χ1n) is 8.44. The molecule has 0 bridgehead atoms. The largest absolute Gasteiger partial charge is 0.481 e. The number of urea groups is 1. The zero-order valence-electron chi connectivity index (χ0n) is 16.2. The van der Waals surface area contributed by atoms with Crippen LogP contribution in [0.15, 0.2) is 36.5 Å². The summed E-state index contributed by atoms with van der Waals surface area (Å²) in [5.41, 5.74) is 6.36. The third-order valence-electron chi connectivity index (χ3n) is 4.33.